The van der Waals surface area contributed by atoms with Crippen LogP contribution in [0.1, 0.15) is 30.8 Å². The molecule has 1 unspecified atom stereocenters. The Labute approximate surface area is 118 Å². The van der Waals surface area contributed by atoms with Crippen molar-refractivity contribution in [1.29, 1.82) is 0 Å². The minimum atomic E-state index is 0.527. The molecular formula is C13H23N3S2. The van der Waals surface area contributed by atoms with Crippen LogP contribution >= 0.6 is 23.1 Å². The number of anilines is 1. The fourth-order valence-corrected chi connectivity index (χ4v) is 4.32. The predicted molar refractivity (Wildman–Crippen MR) is 83.0 cm³/mol. The smallest absolute Gasteiger partial charge is 0.185 e. The van der Waals surface area contributed by atoms with Crippen molar-refractivity contribution in [3.05, 3.63) is 10.6 Å². The summed E-state index contributed by atoms with van der Waals surface area (Å²) >= 11 is 3.89. The average molecular weight is 285 g/mol. The molecule has 0 amide bonds. The summed E-state index contributed by atoms with van der Waals surface area (Å²) in [5, 5.41) is 4.65. The lowest BCUT2D eigenvalue weighted by molar-refractivity contribution is 0.591. The zero-order valence-corrected chi connectivity index (χ0v) is 13.3. The molecule has 0 bridgehead atoms. The first-order valence-electron chi connectivity index (χ1n) is 6.58. The van der Waals surface area contributed by atoms with Gasteiger partial charge in [-0.25, -0.2) is 4.98 Å². The molecule has 1 aliphatic rings. The van der Waals surface area contributed by atoms with Crippen LogP contribution in [-0.4, -0.2) is 35.6 Å². The fraction of sp³-hybridized carbons (Fsp3) is 0.769. The first kappa shape index (κ1) is 14.2. The molecule has 1 aromatic rings. The number of aryl methyl sites for hydroxylation is 1. The lowest BCUT2D eigenvalue weighted by Gasteiger charge is -2.22. The quantitative estimate of drug-likeness (QED) is 0.900. The maximum Gasteiger partial charge on any atom is 0.185 e. The molecule has 0 aromatic carbocycles. The van der Waals surface area contributed by atoms with Crippen molar-refractivity contribution in [2.45, 2.75) is 45.8 Å². The minimum Gasteiger partial charge on any atom is -0.347 e. The molecule has 0 saturated carbocycles. The number of thioether (sulfide) groups is 1. The Hall–Kier alpha value is -0.260. The van der Waals surface area contributed by atoms with Gasteiger partial charge in [0, 0.05) is 36.3 Å². The van der Waals surface area contributed by atoms with Gasteiger partial charge in [-0.15, -0.1) is 11.3 Å². The summed E-state index contributed by atoms with van der Waals surface area (Å²) in [6.45, 7) is 7.42. The number of thiazole rings is 1. The van der Waals surface area contributed by atoms with E-state index in [-0.39, 0.29) is 0 Å². The number of aromatic nitrogens is 1. The van der Waals surface area contributed by atoms with Crippen LogP contribution in [0, 0.1) is 6.92 Å². The molecule has 5 heteroatoms. The third kappa shape index (κ3) is 3.39. The highest BCUT2D eigenvalue weighted by Crippen LogP contribution is 2.30. The lowest BCUT2D eigenvalue weighted by Crippen LogP contribution is -2.31. The molecule has 102 valence electrons. The largest absolute Gasteiger partial charge is 0.347 e. The molecular weight excluding hydrogens is 262 g/mol. The Morgan fingerprint density at radius 2 is 2.28 bits per heavy atom. The maximum atomic E-state index is 4.73. The van der Waals surface area contributed by atoms with Gasteiger partial charge in [0.2, 0.25) is 0 Å². The van der Waals surface area contributed by atoms with E-state index in [0.717, 1.165) is 6.54 Å². The summed E-state index contributed by atoms with van der Waals surface area (Å²) in [7, 11) is 2.19. The molecule has 18 heavy (non-hydrogen) atoms. The van der Waals surface area contributed by atoms with Crippen LogP contribution < -0.4 is 10.2 Å². The molecule has 2 rings (SSSR count). The second-order valence-electron chi connectivity index (χ2n) is 5.17. The Morgan fingerprint density at radius 3 is 2.89 bits per heavy atom. The molecule has 3 nitrogen and oxygen atoms in total. The van der Waals surface area contributed by atoms with Crippen LogP contribution in [0.4, 0.5) is 5.13 Å². The van der Waals surface area contributed by atoms with Crippen molar-refractivity contribution in [1.82, 2.24) is 10.3 Å². The normalized spacial score (nSPS) is 19.7. The Kier molecular flexibility index (Phi) is 4.92. The van der Waals surface area contributed by atoms with Crippen molar-refractivity contribution < 1.29 is 0 Å². The second kappa shape index (κ2) is 6.26. The lowest BCUT2D eigenvalue weighted by atomic mass is 10.2. The highest BCUT2D eigenvalue weighted by Gasteiger charge is 2.23. The first-order chi connectivity index (χ1) is 8.58. The minimum absolute atomic E-state index is 0.527. The van der Waals surface area contributed by atoms with E-state index >= 15 is 0 Å². The van der Waals surface area contributed by atoms with Crippen LogP contribution in [0.5, 0.6) is 0 Å². The standard InChI is InChI=1S/C13H23N3S2/c1-9(2)14-7-12-10(3)15-13(18-12)16(4)11-5-6-17-8-11/h9,11,14H,5-8H2,1-4H3. The van der Waals surface area contributed by atoms with Gasteiger partial charge in [0.1, 0.15) is 0 Å². The van der Waals surface area contributed by atoms with Gasteiger partial charge in [-0.2, -0.15) is 11.8 Å². The molecule has 0 aliphatic carbocycles. The first-order valence-corrected chi connectivity index (χ1v) is 8.55. The third-order valence-electron chi connectivity index (χ3n) is 3.31. The monoisotopic (exact) mass is 285 g/mol. The van der Waals surface area contributed by atoms with Gasteiger partial charge >= 0.3 is 0 Å². The van der Waals surface area contributed by atoms with E-state index in [1.165, 1.54) is 33.6 Å². The number of hydrogen-bond donors (Lipinski definition) is 1. The van der Waals surface area contributed by atoms with Crippen molar-refractivity contribution in [2.24, 2.45) is 0 Å². The van der Waals surface area contributed by atoms with Crippen LogP contribution in [0.3, 0.4) is 0 Å². The summed E-state index contributed by atoms with van der Waals surface area (Å²) in [6.07, 6.45) is 1.29. The van der Waals surface area contributed by atoms with Gasteiger partial charge in [-0.3, -0.25) is 0 Å². The van der Waals surface area contributed by atoms with Crippen LogP contribution in [0.15, 0.2) is 0 Å². The zero-order valence-electron chi connectivity index (χ0n) is 11.7. The van der Waals surface area contributed by atoms with Gasteiger partial charge in [-0.1, -0.05) is 13.8 Å². The van der Waals surface area contributed by atoms with Crippen molar-refractivity contribution in [3.8, 4) is 0 Å². The number of nitrogens with zero attached hydrogens (tertiary/aromatic N) is 2. The summed E-state index contributed by atoms with van der Waals surface area (Å²) in [4.78, 5) is 8.47. The van der Waals surface area contributed by atoms with Crippen LogP contribution in [0.25, 0.3) is 0 Å². The zero-order chi connectivity index (χ0) is 13.1. The van der Waals surface area contributed by atoms with Gasteiger partial charge in [0.05, 0.1) is 5.69 Å². The maximum absolute atomic E-state index is 4.73. The molecule has 2 heterocycles. The molecule has 1 N–H and O–H groups in total. The highest BCUT2D eigenvalue weighted by molar-refractivity contribution is 7.99. The van der Waals surface area contributed by atoms with E-state index in [0.29, 0.717) is 12.1 Å². The van der Waals surface area contributed by atoms with Gasteiger partial charge < -0.3 is 10.2 Å². The van der Waals surface area contributed by atoms with E-state index < -0.39 is 0 Å². The Balaban J connectivity index is 2.02. The number of nitrogens with one attached hydrogen (secondary N) is 1. The van der Waals surface area contributed by atoms with Gasteiger partial charge in [-0.05, 0) is 19.1 Å². The molecule has 1 atom stereocenters. The van der Waals surface area contributed by atoms with Crippen molar-refractivity contribution >= 4 is 28.2 Å². The van der Waals surface area contributed by atoms with Crippen molar-refractivity contribution in [3.63, 3.8) is 0 Å². The molecule has 0 radical (unpaired) electrons. The van der Waals surface area contributed by atoms with E-state index in [2.05, 4.69) is 49.8 Å². The van der Waals surface area contributed by atoms with Crippen molar-refractivity contribution in [2.75, 3.05) is 23.5 Å². The Bertz CT molecular complexity index is 384. The third-order valence-corrected chi connectivity index (χ3v) is 5.70. The van der Waals surface area contributed by atoms with E-state index in [9.17, 15) is 0 Å². The average Bonchev–Trinajstić information content (AvgIpc) is 2.94. The summed E-state index contributed by atoms with van der Waals surface area (Å²) in [5.41, 5.74) is 1.18. The fourth-order valence-electron chi connectivity index (χ4n) is 2.01. The molecule has 1 saturated heterocycles. The van der Waals surface area contributed by atoms with Gasteiger partial charge in [0.25, 0.3) is 0 Å². The predicted octanol–water partition coefficient (Wildman–Crippen LogP) is 2.89. The van der Waals surface area contributed by atoms with Gasteiger partial charge in [0.15, 0.2) is 5.13 Å². The number of rotatable bonds is 5. The summed E-state index contributed by atoms with van der Waals surface area (Å²) < 4.78 is 0. The topological polar surface area (TPSA) is 28.2 Å². The highest BCUT2D eigenvalue weighted by atomic mass is 32.2. The van der Waals surface area contributed by atoms with Crippen LogP contribution in [-0.2, 0) is 6.54 Å². The SMILES string of the molecule is Cc1nc(N(C)C2CCSC2)sc1CNC(C)C. The summed E-state index contributed by atoms with van der Waals surface area (Å²) in [5.74, 6) is 2.54. The van der Waals surface area contributed by atoms with E-state index in [1.807, 2.05) is 11.3 Å². The van der Waals surface area contributed by atoms with E-state index in [1.54, 1.807) is 0 Å². The van der Waals surface area contributed by atoms with Crippen LogP contribution in [0.2, 0.25) is 0 Å². The Morgan fingerprint density at radius 1 is 1.50 bits per heavy atom. The number of hydrogen-bond acceptors (Lipinski definition) is 5. The molecule has 1 aromatic heterocycles. The van der Waals surface area contributed by atoms with E-state index in [4.69, 9.17) is 4.98 Å². The molecule has 1 fully saturated rings. The summed E-state index contributed by atoms with van der Waals surface area (Å²) in [6, 6.07) is 1.20. The molecule has 1 aliphatic heterocycles. The second-order valence-corrected chi connectivity index (χ2v) is 7.38. The molecule has 0 spiro atoms.